The van der Waals surface area contributed by atoms with Gasteiger partial charge < -0.3 is 10.6 Å². The zero-order chi connectivity index (χ0) is 24.2. The van der Waals surface area contributed by atoms with Crippen LogP contribution in [0, 0.1) is 13.8 Å². The number of nitrogens with zero attached hydrogens (tertiary/aromatic N) is 8. The van der Waals surface area contributed by atoms with E-state index in [-0.39, 0.29) is 5.96 Å². The van der Waals surface area contributed by atoms with Crippen LogP contribution in [0.2, 0.25) is 0 Å². The lowest BCUT2D eigenvalue weighted by atomic mass is 10.1. The minimum Gasteiger partial charge on any atom is -0.370 e. The Bertz CT molecular complexity index is 1260. The van der Waals surface area contributed by atoms with Gasteiger partial charge in [0.2, 0.25) is 11.1 Å². The highest BCUT2D eigenvalue weighted by molar-refractivity contribution is 7.98. The number of nitrogens with two attached hydrogens (primary N) is 1. The number of allylic oxidation sites excluding steroid dienone is 2. The Morgan fingerprint density at radius 2 is 1.89 bits per heavy atom. The molecule has 0 unspecified atom stereocenters. The fourth-order valence-electron chi connectivity index (χ4n) is 4.50. The van der Waals surface area contributed by atoms with Crippen LogP contribution < -0.4 is 5.73 Å². The average molecular weight is 490 g/mol. The minimum absolute atomic E-state index is 0.247. The van der Waals surface area contributed by atoms with Crippen LogP contribution >= 0.6 is 11.8 Å². The lowest BCUT2D eigenvalue weighted by Crippen LogP contribution is -2.31. The van der Waals surface area contributed by atoms with Gasteiger partial charge in [0.05, 0.1) is 17.1 Å². The summed E-state index contributed by atoms with van der Waals surface area (Å²) in [4.78, 5) is 7.41. The predicted molar refractivity (Wildman–Crippen MR) is 140 cm³/mol. The summed E-state index contributed by atoms with van der Waals surface area (Å²) in [6.07, 6.45) is 7.93. The van der Waals surface area contributed by atoms with Gasteiger partial charge in [0.15, 0.2) is 0 Å². The van der Waals surface area contributed by atoms with Crippen molar-refractivity contribution in [3.63, 3.8) is 0 Å². The first-order valence-electron chi connectivity index (χ1n) is 12.1. The van der Waals surface area contributed by atoms with Crippen molar-refractivity contribution in [2.24, 2.45) is 15.8 Å². The summed E-state index contributed by atoms with van der Waals surface area (Å²) < 4.78 is 3.28. The SMILES string of the molecule is Cc1cc(C)n(/C(N)=N/n2c(/N=C3\CCC=C3N3CCCCC3)nnc2SCc2ccccc2)n1. The summed E-state index contributed by atoms with van der Waals surface area (Å²) in [5.74, 6) is 1.42. The Balaban J connectivity index is 1.49. The molecule has 2 N–H and O–H groups in total. The molecule has 0 radical (unpaired) electrons. The zero-order valence-electron chi connectivity index (χ0n) is 20.3. The van der Waals surface area contributed by atoms with Crippen molar-refractivity contribution in [3.05, 3.63) is 65.1 Å². The standard InChI is InChI=1S/C25H31N9S/c1-18-16-19(2)33(30-18)23(26)31-34-24(28-29-25(34)35-17-20-10-5-3-6-11-20)27-21-12-9-13-22(21)32-14-7-4-8-15-32/h3,5-6,10-11,13,16H,4,7-9,12,14-15,17H2,1-2H3,(H2,26,31)/b27-21+. The summed E-state index contributed by atoms with van der Waals surface area (Å²) in [5, 5.41) is 18.6. The van der Waals surface area contributed by atoms with E-state index in [2.05, 4.69) is 43.5 Å². The molecule has 10 heteroatoms. The van der Waals surface area contributed by atoms with E-state index in [1.807, 2.05) is 38.1 Å². The number of aromatic nitrogens is 5. The van der Waals surface area contributed by atoms with Crippen LogP contribution in [0.3, 0.4) is 0 Å². The fourth-order valence-corrected chi connectivity index (χ4v) is 5.34. The second kappa shape index (κ2) is 10.5. The van der Waals surface area contributed by atoms with Crippen LogP contribution in [0.1, 0.15) is 49.1 Å². The van der Waals surface area contributed by atoms with Gasteiger partial charge in [0.25, 0.3) is 5.95 Å². The number of aliphatic imine (C=N–C) groups is 1. The van der Waals surface area contributed by atoms with Crippen LogP contribution in [0.25, 0.3) is 0 Å². The second-order valence-corrected chi connectivity index (χ2v) is 9.84. The summed E-state index contributed by atoms with van der Waals surface area (Å²) in [6, 6.07) is 12.2. The van der Waals surface area contributed by atoms with E-state index in [4.69, 9.17) is 10.7 Å². The molecule has 2 aliphatic rings. The smallest absolute Gasteiger partial charge is 0.273 e. The van der Waals surface area contributed by atoms with E-state index in [0.29, 0.717) is 11.1 Å². The number of benzene rings is 1. The lowest BCUT2D eigenvalue weighted by Gasteiger charge is -2.30. The quantitative estimate of drug-likeness (QED) is 0.316. The molecule has 1 aliphatic heterocycles. The van der Waals surface area contributed by atoms with E-state index in [0.717, 1.165) is 48.8 Å². The van der Waals surface area contributed by atoms with Gasteiger partial charge in [-0.1, -0.05) is 48.2 Å². The fraction of sp³-hybridized carbons (Fsp3) is 0.400. The van der Waals surface area contributed by atoms with Gasteiger partial charge in [0, 0.05) is 24.5 Å². The number of thioether (sulfide) groups is 1. The van der Waals surface area contributed by atoms with Crippen molar-refractivity contribution < 1.29 is 0 Å². The first kappa shape index (κ1) is 23.3. The number of hydrogen-bond acceptors (Lipinski definition) is 7. The van der Waals surface area contributed by atoms with E-state index in [1.165, 1.54) is 30.5 Å². The van der Waals surface area contributed by atoms with E-state index < -0.39 is 0 Å². The largest absolute Gasteiger partial charge is 0.370 e. The molecule has 0 spiro atoms. The minimum atomic E-state index is 0.247. The van der Waals surface area contributed by atoms with Crippen LogP contribution in [-0.2, 0) is 5.75 Å². The average Bonchev–Trinajstić information content (AvgIpc) is 3.58. The molecule has 5 rings (SSSR count). The molecule has 1 fully saturated rings. The highest BCUT2D eigenvalue weighted by Crippen LogP contribution is 2.28. The topological polar surface area (TPSA) is 103 Å². The van der Waals surface area contributed by atoms with Crippen molar-refractivity contribution in [2.75, 3.05) is 13.1 Å². The monoisotopic (exact) mass is 489 g/mol. The van der Waals surface area contributed by atoms with Crippen LogP contribution in [-0.4, -0.2) is 54.3 Å². The van der Waals surface area contributed by atoms with Crippen LogP contribution in [0.5, 0.6) is 0 Å². The molecule has 0 atom stereocenters. The Morgan fingerprint density at radius 3 is 2.63 bits per heavy atom. The van der Waals surface area contributed by atoms with Crippen molar-refractivity contribution in [2.45, 2.75) is 56.9 Å². The summed E-state index contributed by atoms with van der Waals surface area (Å²) in [7, 11) is 0. The third kappa shape index (κ3) is 5.32. The molecule has 1 aliphatic carbocycles. The van der Waals surface area contributed by atoms with Gasteiger partial charge in [-0.3, -0.25) is 0 Å². The number of rotatable bonds is 6. The molecule has 0 saturated carbocycles. The normalized spacial score (nSPS) is 17.9. The summed E-state index contributed by atoms with van der Waals surface area (Å²) >= 11 is 1.56. The molecule has 3 aromatic rings. The summed E-state index contributed by atoms with van der Waals surface area (Å²) in [5.41, 5.74) is 11.7. The third-order valence-electron chi connectivity index (χ3n) is 6.18. The molecule has 1 aromatic carbocycles. The van der Waals surface area contributed by atoms with Crippen molar-refractivity contribution >= 4 is 29.4 Å². The van der Waals surface area contributed by atoms with Crippen LogP contribution in [0.4, 0.5) is 5.95 Å². The third-order valence-corrected chi connectivity index (χ3v) is 7.17. The Kier molecular flexibility index (Phi) is 6.98. The number of piperidine rings is 1. The van der Waals surface area contributed by atoms with E-state index in [1.54, 1.807) is 21.1 Å². The molecule has 0 bridgehead atoms. The predicted octanol–water partition coefficient (Wildman–Crippen LogP) is 4.25. The lowest BCUT2D eigenvalue weighted by molar-refractivity contribution is 0.298. The first-order chi connectivity index (χ1) is 17.1. The Labute approximate surface area is 209 Å². The maximum Gasteiger partial charge on any atom is 0.273 e. The maximum absolute atomic E-state index is 6.39. The summed E-state index contributed by atoms with van der Waals surface area (Å²) in [6.45, 7) is 6.05. The van der Waals surface area contributed by atoms with E-state index in [9.17, 15) is 0 Å². The molecule has 1 saturated heterocycles. The molecule has 0 amide bonds. The maximum atomic E-state index is 6.39. The van der Waals surface area contributed by atoms with Gasteiger partial charge in [-0.2, -0.15) is 9.77 Å². The molecule has 3 heterocycles. The molecular weight excluding hydrogens is 458 g/mol. The van der Waals surface area contributed by atoms with Crippen molar-refractivity contribution in [1.29, 1.82) is 0 Å². The number of likely N-dealkylation sites (tertiary alicyclic amines) is 1. The zero-order valence-corrected chi connectivity index (χ0v) is 21.1. The number of aryl methyl sites for hydroxylation is 2. The highest BCUT2D eigenvalue weighted by Gasteiger charge is 2.23. The molecule has 182 valence electrons. The highest BCUT2D eigenvalue weighted by atomic mass is 32.2. The first-order valence-corrected chi connectivity index (χ1v) is 13.1. The van der Waals surface area contributed by atoms with Gasteiger partial charge in [-0.15, -0.1) is 15.3 Å². The molecule has 9 nitrogen and oxygen atoms in total. The Hall–Kier alpha value is -3.40. The van der Waals surface area contributed by atoms with Gasteiger partial charge >= 0.3 is 0 Å². The van der Waals surface area contributed by atoms with Crippen LogP contribution in [0.15, 0.2) is 63.4 Å². The second-order valence-electron chi connectivity index (χ2n) is 8.90. The molecular formula is C25H31N9S. The van der Waals surface area contributed by atoms with E-state index >= 15 is 0 Å². The van der Waals surface area contributed by atoms with Gasteiger partial charge in [-0.05, 0) is 57.6 Å². The van der Waals surface area contributed by atoms with Crippen molar-refractivity contribution in [1.82, 2.24) is 29.6 Å². The van der Waals surface area contributed by atoms with Gasteiger partial charge in [-0.25, -0.2) is 9.67 Å². The Morgan fingerprint density at radius 1 is 1.09 bits per heavy atom. The number of hydrogen-bond donors (Lipinski definition) is 1. The molecule has 35 heavy (non-hydrogen) atoms. The molecule has 2 aromatic heterocycles. The van der Waals surface area contributed by atoms with Gasteiger partial charge in [0.1, 0.15) is 0 Å². The van der Waals surface area contributed by atoms with Crippen molar-refractivity contribution in [3.8, 4) is 0 Å².